The fraction of sp³-hybridized carbons (Fsp3) is 0.346. The minimum Gasteiger partial charge on any atom is -0.393 e. The number of allylic oxidation sites excluding steroid dienone is 4. The van der Waals surface area contributed by atoms with E-state index in [0.29, 0.717) is 0 Å². The fourth-order valence-corrected chi connectivity index (χ4v) is 3.04. The summed E-state index contributed by atoms with van der Waals surface area (Å²) in [7, 11) is 1.94. The summed E-state index contributed by atoms with van der Waals surface area (Å²) in [5, 5.41) is 7.75. The molecule has 0 bridgehead atoms. The van der Waals surface area contributed by atoms with Crippen LogP contribution in [0.5, 0.6) is 0 Å². The van der Waals surface area contributed by atoms with Gasteiger partial charge in [-0.1, -0.05) is 56.3 Å². The normalized spacial score (nSPS) is 13.6. The summed E-state index contributed by atoms with van der Waals surface area (Å²) in [4.78, 5) is 0. The number of hydrogen-bond donors (Lipinski definition) is 1. The minimum atomic E-state index is 0.820. The van der Waals surface area contributed by atoms with Gasteiger partial charge in [-0.2, -0.15) is 5.10 Å². The summed E-state index contributed by atoms with van der Waals surface area (Å²) in [6.45, 7) is 19.2. The Hall–Kier alpha value is -2.81. The first kappa shape index (κ1) is 24.2. The van der Waals surface area contributed by atoms with Crippen molar-refractivity contribution in [2.45, 2.75) is 47.1 Å². The summed E-state index contributed by atoms with van der Waals surface area (Å²) in [6, 6.07) is 8.60. The lowest BCUT2D eigenvalue weighted by Gasteiger charge is -2.12. The van der Waals surface area contributed by atoms with E-state index in [0.717, 1.165) is 29.2 Å². The Balaban J connectivity index is 0.000000989. The third-order valence-corrected chi connectivity index (χ3v) is 4.64. The first-order chi connectivity index (χ1) is 14.1. The lowest BCUT2D eigenvalue weighted by atomic mass is 9.93. The zero-order chi connectivity index (χ0) is 21.8. The Morgan fingerprint density at radius 3 is 2.17 bits per heavy atom. The average molecular weight is 392 g/mol. The summed E-state index contributed by atoms with van der Waals surface area (Å²) in [5.41, 5.74) is 6.97. The van der Waals surface area contributed by atoms with E-state index in [1.54, 1.807) is 0 Å². The van der Waals surface area contributed by atoms with Crippen molar-refractivity contribution in [3.05, 3.63) is 85.4 Å². The number of rotatable bonds is 7. The van der Waals surface area contributed by atoms with Crippen molar-refractivity contribution < 1.29 is 0 Å². The van der Waals surface area contributed by atoms with Crippen molar-refractivity contribution in [3.8, 4) is 0 Å². The van der Waals surface area contributed by atoms with Gasteiger partial charge in [-0.05, 0) is 49.3 Å². The van der Waals surface area contributed by atoms with Crippen LogP contribution in [0.2, 0.25) is 0 Å². The fourth-order valence-electron chi connectivity index (χ4n) is 3.04. The standard InChI is InChI=1S/C22H27N3.C2H6.C2H4/c1-5-21(19-10-8-18(9-11-19)16(2)3)22(13-23-4)20-12-24-25(15-20)14-17-6-7-17;2*1-2/h5,8-13,15,17,23H,2,6-7,14H2,1,3-4H3;1-2H3;1-2H2/b21-5-,22-13-;;. The van der Waals surface area contributed by atoms with Crippen molar-refractivity contribution in [1.29, 1.82) is 0 Å². The lowest BCUT2D eigenvalue weighted by Crippen LogP contribution is -2.00. The Bertz CT molecular complexity index is 818. The highest BCUT2D eigenvalue weighted by Gasteiger charge is 2.22. The Morgan fingerprint density at radius 1 is 1.10 bits per heavy atom. The largest absolute Gasteiger partial charge is 0.393 e. The SMILES string of the molecule is C=C.C=C(C)c1ccc(C(=C/C)/C(=C\NC)c2cnn(CC3CC3)c2)cc1.CC. The lowest BCUT2D eigenvalue weighted by molar-refractivity contribution is 0.563. The smallest absolute Gasteiger partial charge is 0.0569 e. The first-order valence-corrected chi connectivity index (χ1v) is 10.5. The van der Waals surface area contributed by atoms with Gasteiger partial charge in [-0.3, -0.25) is 4.68 Å². The van der Waals surface area contributed by atoms with Gasteiger partial charge >= 0.3 is 0 Å². The van der Waals surface area contributed by atoms with Crippen LogP contribution in [0.1, 0.15) is 57.2 Å². The molecule has 1 heterocycles. The van der Waals surface area contributed by atoms with Crippen LogP contribution >= 0.6 is 0 Å². The third-order valence-electron chi connectivity index (χ3n) is 4.64. The van der Waals surface area contributed by atoms with E-state index < -0.39 is 0 Å². The van der Waals surface area contributed by atoms with Crippen LogP contribution in [0, 0.1) is 5.92 Å². The van der Waals surface area contributed by atoms with E-state index in [9.17, 15) is 0 Å². The van der Waals surface area contributed by atoms with Gasteiger partial charge in [0.05, 0.1) is 6.20 Å². The van der Waals surface area contributed by atoms with E-state index in [4.69, 9.17) is 0 Å². The summed E-state index contributed by atoms with van der Waals surface area (Å²) in [5.74, 6) is 0.820. The maximum absolute atomic E-state index is 4.56. The van der Waals surface area contributed by atoms with E-state index >= 15 is 0 Å². The van der Waals surface area contributed by atoms with Crippen LogP contribution in [0.3, 0.4) is 0 Å². The Labute approximate surface area is 177 Å². The molecule has 1 fully saturated rings. The number of nitrogens with one attached hydrogen (secondary N) is 1. The van der Waals surface area contributed by atoms with Crippen LogP contribution in [0.15, 0.2) is 68.7 Å². The molecule has 2 aromatic rings. The molecule has 1 saturated carbocycles. The van der Waals surface area contributed by atoms with Crippen molar-refractivity contribution in [1.82, 2.24) is 15.1 Å². The van der Waals surface area contributed by atoms with E-state index in [2.05, 4.69) is 84.5 Å². The molecule has 0 atom stereocenters. The molecule has 29 heavy (non-hydrogen) atoms. The predicted molar refractivity (Wildman–Crippen MR) is 129 cm³/mol. The first-order valence-electron chi connectivity index (χ1n) is 10.5. The van der Waals surface area contributed by atoms with Crippen molar-refractivity contribution >= 4 is 16.7 Å². The highest BCUT2D eigenvalue weighted by molar-refractivity contribution is 6.04. The molecule has 1 aromatic heterocycles. The van der Waals surface area contributed by atoms with Crippen molar-refractivity contribution in [3.63, 3.8) is 0 Å². The quantitative estimate of drug-likeness (QED) is 0.414. The highest BCUT2D eigenvalue weighted by atomic mass is 15.3. The molecule has 0 aliphatic heterocycles. The molecular weight excluding hydrogens is 354 g/mol. The molecule has 3 heteroatoms. The zero-order valence-corrected chi connectivity index (χ0v) is 18.8. The molecule has 0 saturated heterocycles. The van der Waals surface area contributed by atoms with Crippen LogP contribution in [0.4, 0.5) is 0 Å². The van der Waals surface area contributed by atoms with Gasteiger partial charge < -0.3 is 5.32 Å². The van der Waals surface area contributed by atoms with Gasteiger partial charge in [-0.15, -0.1) is 13.2 Å². The van der Waals surface area contributed by atoms with Gasteiger partial charge in [0.2, 0.25) is 0 Å². The second-order valence-corrected chi connectivity index (χ2v) is 6.80. The maximum atomic E-state index is 4.56. The molecule has 0 unspecified atom stereocenters. The molecular formula is C26H37N3. The Kier molecular flexibility index (Phi) is 10.5. The maximum Gasteiger partial charge on any atom is 0.0569 e. The van der Waals surface area contributed by atoms with Crippen LogP contribution in [-0.2, 0) is 6.54 Å². The molecule has 1 aliphatic rings. The van der Waals surface area contributed by atoms with Crippen LogP contribution < -0.4 is 5.32 Å². The van der Waals surface area contributed by atoms with Crippen molar-refractivity contribution in [2.75, 3.05) is 7.05 Å². The van der Waals surface area contributed by atoms with Gasteiger partial charge in [0, 0.05) is 37.1 Å². The number of benzene rings is 1. The molecule has 3 nitrogen and oxygen atoms in total. The molecule has 0 amide bonds. The van der Waals surface area contributed by atoms with Crippen LogP contribution in [0.25, 0.3) is 16.7 Å². The van der Waals surface area contributed by atoms with Gasteiger partial charge in [-0.25, -0.2) is 0 Å². The number of hydrogen-bond acceptors (Lipinski definition) is 2. The molecule has 1 N–H and O–H groups in total. The number of nitrogens with zero attached hydrogens (tertiary/aromatic N) is 2. The molecule has 3 rings (SSSR count). The molecule has 1 aliphatic carbocycles. The molecule has 0 radical (unpaired) electrons. The second-order valence-electron chi connectivity index (χ2n) is 6.80. The minimum absolute atomic E-state index is 0.820. The molecule has 1 aromatic carbocycles. The zero-order valence-electron chi connectivity index (χ0n) is 18.8. The van der Waals surface area contributed by atoms with E-state index in [1.165, 1.54) is 29.5 Å². The van der Waals surface area contributed by atoms with Crippen molar-refractivity contribution in [2.24, 2.45) is 5.92 Å². The summed E-state index contributed by atoms with van der Waals surface area (Å²) in [6.07, 6.45) is 11.0. The summed E-state index contributed by atoms with van der Waals surface area (Å²) >= 11 is 0. The monoisotopic (exact) mass is 391 g/mol. The second kappa shape index (κ2) is 12.6. The molecule has 0 spiro atoms. The average Bonchev–Trinajstić information content (AvgIpc) is 3.46. The molecule has 156 valence electrons. The van der Waals surface area contributed by atoms with Gasteiger partial charge in [0.25, 0.3) is 0 Å². The van der Waals surface area contributed by atoms with Crippen LogP contribution in [-0.4, -0.2) is 16.8 Å². The predicted octanol–water partition coefficient (Wildman–Crippen LogP) is 6.82. The number of aromatic nitrogens is 2. The third kappa shape index (κ3) is 6.94. The highest BCUT2D eigenvalue weighted by Crippen LogP contribution is 2.33. The topological polar surface area (TPSA) is 29.9 Å². The van der Waals surface area contributed by atoms with Gasteiger partial charge in [0.1, 0.15) is 0 Å². The van der Waals surface area contributed by atoms with E-state index in [1.807, 2.05) is 34.0 Å². The van der Waals surface area contributed by atoms with Gasteiger partial charge in [0.15, 0.2) is 0 Å². The summed E-state index contributed by atoms with van der Waals surface area (Å²) < 4.78 is 2.08. The Morgan fingerprint density at radius 2 is 1.69 bits per heavy atom. The van der Waals surface area contributed by atoms with E-state index in [-0.39, 0.29) is 0 Å².